The lowest BCUT2D eigenvalue weighted by molar-refractivity contribution is 0.140. The first-order valence-corrected chi connectivity index (χ1v) is 11.5. The van der Waals surface area contributed by atoms with Gasteiger partial charge >= 0.3 is 6.09 Å². The van der Waals surface area contributed by atoms with Crippen molar-refractivity contribution in [2.24, 2.45) is 5.73 Å². The Morgan fingerprint density at radius 2 is 1.32 bits per heavy atom. The molecular formula is C28H30N4O2. The Labute approximate surface area is 199 Å². The summed E-state index contributed by atoms with van der Waals surface area (Å²) in [5.74, 6) is 0. The Balaban J connectivity index is 0.000000192. The van der Waals surface area contributed by atoms with Crippen LogP contribution in [-0.4, -0.2) is 29.2 Å². The van der Waals surface area contributed by atoms with Crippen LogP contribution >= 0.6 is 0 Å². The lowest BCUT2D eigenvalue weighted by atomic mass is 10.1. The van der Waals surface area contributed by atoms with Crippen molar-refractivity contribution in [1.29, 1.82) is 0 Å². The summed E-state index contributed by atoms with van der Waals surface area (Å²) in [6.07, 6.45) is 5.36. The van der Waals surface area contributed by atoms with E-state index in [9.17, 15) is 4.79 Å². The molecule has 0 aliphatic heterocycles. The topological polar surface area (TPSA) is 95.9 Å². The maximum atomic E-state index is 11.7. The van der Waals surface area contributed by atoms with Crippen LogP contribution in [0.15, 0.2) is 91.3 Å². The summed E-state index contributed by atoms with van der Waals surface area (Å²) < 4.78 is 5.18. The molecule has 6 nitrogen and oxygen atoms in total. The van der Waals surface area contributed by atoms with E-state index in [0.29, 0.717) is 19.7 Å². The number of carbonyl (C=O) groups is 1. The molecule has 0 atom stereocenters. The van der Waals surface area contributed by atoms with Crippen LogP contribution in [0.5, 0.6) is 0 Å². The van der Waals surface area contributed by atoms with Crippen LogP contribution in [0.2, 0.25) is 0 Å². The van der Waals surface area contributed by atoms with Crippen LogP contribution in [0.25, 0.3) is 21.8 Å². The molecule has 0 unspecified atom stereocenters. The summed E-state index contributed by atoms with van der Waals surface area (Å²) in [6.45, 7) is 1.55. The number of alkyl carbamates (subject to hydrolysis) is 1. The van der Waals surface area contributed by atoms with Gasteiger partial charge in [0.15, 0.2) is 0 Å². The third-order valence-electron chi connectivity index (χ3n) is 5.64. The number of benzene rings is 3. The minimum atomic E-state index is -0.385. The molecule has 2 heterocycles. The van der Waals surface area contributed by atoms with E-state index in [1.165, 1.54) is 27.4 Å². The average molecular weight is 455 g/mol. The van der Waals surface area contributed by atoms with Crippen molar-refractivity contribution in [3.8, 4) is 0 Å². The van der Waals surface area contributed by atoms with E-state index in [-0.39, 0.29) is 6.09 Å². The van der Waals surface area contributed by atoms with Crippen molar-refractivity contribution in [2.45, 2.75) is 19.4 Å². The maximum Gasteiger partial charge on any atom is 0.407 e. The molecule has 5 rings (SSSR count). The van der Waals surface area contributed by atoms with Crippen molar-refractivity contribution in [2.75, 3.05) is 13.1 Å². The lowest BCUT2D eigenvalue weighted by Crippen LogP contribution is -2.26. The summed E-state index contributed by atoms with van der Waals surface area (Å²) in [5, 5.41) is 5.27. The number of ether oxygens (including phenoxy) is 1. The number of fused-ring (bicyclic) bond motifs is 2. The van der Waals surface area contributed by atoms with Gasteiger partial charge in [-0.05, 0) is 48.2 Å². The zero-order valence-electron chi connectivity index (χ0n) is 19.1. The molecule has 0 fully saturated rings. The monoisotopic (exact) mass is 454 g/mol. The molecule has 0 aliphatic carbocycles. The highest BCUT2D eigenvalue weighted by Gasteiger charge is 2.05. The van der Waals surface area contributed by atoms with Gasteiger partial charge in [-0.15, -0.1) is 0 Å². The number of amides is 1. The fraction of sp³-hybridized carbons (Fsp3) is 0.179. The zero-order valence-corrected chi connectivity index (χ0v) is 19.1. The summed E-state index contributed by atoms with van der Waals surface area (Å²) in [5.41, 5.74) is 11.3. The van der Waals surface area contributed by atoms with Crippen molar-refractivity contribution in [1.82, 2.24) is 15.3 Å². The maximum absolute atomic E-state index is 11.7. The second-order valence-electron chi connectivity index (χ2n) is 8.00. The minimum Gasteiger partial charge on any atom is -0.445 e. The van der Waals surface area contributed by atoms with E-state index in [1.54, 1.807) is 0 Å². The molecule has 3 aromatic carbocycles. The van der Waals surface area contributed by atoms with Gasteiger partial charge in [0.2, 0.25) is 0 Å². The number of aromatic amines is 2. The molecule has 6 heteroatoms. The number of hydrogen-bond donors (Lipinski definition) is 4. The normalized spacial score (nSPS) is 10.6. The Hall–Kier alpha value is -4.03. The van der Waals surface area contributed by atoms with E-state index in [2.05, 4.69) is 39.6 Å². The molecule has 2 aromatic heterocycles. The van der Waals surface area contributed by atoms with Gasteiger partial charge in [-0.3, -0.25) is 0 Å². The number of aromatic nitrogens is 2. The minimum absolute atomic E-state index is 0.291. The molecule has 34 heavy (non-hydrogen) atoms. The van der Waals surface area contributed by atoms with E-state index >= 15 is 0 Å². The first-order valence-electron chi connectivity index (χ1n) is 11.5. The lowest BCUT2D eigenvalue weighted by Gasteiger charge is -2.06. The van der Waals surface area contributed by atoms with Crippen LogP contribution < -0.4 is 11.1 Å². The molecule has 0 spiro atoms. The molecule has 0 saturated heterocycles. The van der Waals surface area contributed by atoms with Crippen LogP contribution in [0.3, 0.4) is 0 Å². The fourth-order valence-electron chi connectivity index (χ4n) is 3.91. The number of nitrogens with one attached hydrogen (secondary N) is 3. The SMILES string of the molecule is NCCc1c[nH]c2ccccc12.O=C(NCCc1c[nH]c2ccccc12)OCc1ccccc1. The molecule has 1 amide bonds. The Morgan fingerprint density at radius 1 is 0.765 bits per heavy atom. The van der Waals surface area contributed by atoms with E-state index in [4.69, 9.17) is 10.5 Å². The highest BCUT2D eigenvalue weighted by Crippen LogP contribution is 2.18. The van der Waals surface area contributed by atoms with E-state index in [1.807, 2.05) is 67.0 Å². The van der Waals surface area contributed by atoms with Crippen molar-refractivity contribution in [3.63, 3.8) is 0 Å². The Kier molecular flexibility index (Phi) is 7.98. The number of nitrogens with two attached hydrogens (primary N) is 1. The Morgan fingerprint density at radius 3 is 1.94 bits per heavy atom. The van der Waals surface area contributed by atoms with E-state index < -0.39 is 0 Å². The first kappa shape index (κ1) is 23.1. The molecule has 0 aliphatic rings. The predicted octanol–water partition coefficient (Wildman–Crippen LogP) is 5.31. The molecule has 5 aromatic rings. The van der Waals surface area contributed by atoms with Gasteiger partial charge < -0.3 is 25.8 Å². The average Bonchev–Trinajstić information content (AvgIpc) is 3.49. The molecule has 0 bridgehead atoms. The predicted molar refractivity (Wildman–Crippen MR) is 138 cm³/mol. The molecule has 174 valence electrons. The van der Waals surface area contributed by atoms with Gasteiger partial charge in [0.05, 0.1) is 0 Å². The number of H-pyrrole nitrogens is 2. The molecular weight excluding hydrogens is 424 g/mol. The zero-order chi connectivity index (χ0) is 23.6. The van der Waals surface area contributed by atoms with Crippen LogP contribution in [0.4, 0.5) is 4.79 Å². The van der Waals surface area contributed by atoms with Gasteiger partial charge in [0, 0.05) is 40.7 Å². The number of para-hydroxylation sites is 2. The summed E-state index contributed by atoms with van der Waals surface area (Å²) in [6, 6.07) is 26.1. The second kappa shape index (κ2) is 11.7. The van der Waals surface area contributed by atoms with Crippen molar-refractivity contribution < 1.29 is 9.53 Å². The summed E-state index contributed by atoms with van der Waals surface area (Å²) in [7, 11) is 0. The molecule has 0 radical (unpaired) electrons. The highest BCUT2D eigenvalue weighted by molar-refractivity contribution is 5.83. The van der Waals surface area contributed by atoms with Gasteiger partial charge in [-0.25, -0.2) is 4.79 Å². The highest BCUT2D eigenvalue weighted by atomic mass is 16.5. The van der Waals surface area contributed by atoms with Gasteiger partial charge in [0.1, 0.15) is 6.61 Å². The third kappa shape index (κ3) is 6.05. The van der Waals surface area contributed by atoms with Gasteiger partial charge in [-0.1, -0.05) is 66.7 Å². The van der Waals surface area contributed by atoms with Crippen LogP contribution in [0, 0.1) is 0 Å². The largest absolute Gasteiger partial charge is 0.445 e. The molecule has 5 N–H and O–H groups in total. The van der Waals surface area contributed by atoms with Gasteiger partial charge in [0.25, 0.3) is 0 Å². The smallest absolute Gasteiger partial charge is 0.407 e. The standard InChI is InChI=1S/C18H18N2O2.C10H12N2/c21-18(22-13-14-6-2-1-3-7-14)19-11-10-15-12-20-17-9-5-4-8-16(15)17;11-6-5-8-7-12-10-4-2-1-3-9(8)10/h1-9,12,20H,10-11,13H2,(H,19,21);1-4,7,12H,5-6,11H2. The number of carbonyl (C=O) groups excluding carboxylic acids is 1. The van der Waals surface area contributed by atoms with Gasteiger partial charge in [-0.2, -0.15) is 0 Å². The van der Waals surface area contributed by atoms with Crippen molar-refractivity contribution >= 4 is 27.9 Å². The second-order valence-corrected chi connectivity index (χ2v) is 8.00. The first-order chi connectivity index (χ1) is 16.7. The quantitative estimate of drug-likeness (QED) is 0.268. The Bertz CT molecular complexity index is 1320. The summed E-state index contributed by atoms with van der Waals surface area (Å²) in [4.78, 5) is 18.1. The number of rotatable bonds is 7. The van der Waals surface area contributed by atoms with E-state index in [0.717, 1.165) is 23.9 Å². The van der Waals surface area contributed by atoms with Crippen LogP contribution in [-0.2, 0) is 24.2 Å². The fourth-order valence-corrected chi connectivity index (χ4v) is 3.91. The molecule has 0 saturated carbocycles. The van der Waals surface area contributed by atoms with Crippen molar-refractivity contribution in [3.05, 3.63) is 108 Å². The van der Waals surface area contributed by atoms with Crippen LogP contribution in [0.1, 0.15) is 16.7 Å². The summed E-state index contributed by atoms with van der Waals surface area (Å²) >= 11 is 0. The third-order valence-corrected chi connectivity index (χ3v) is 5.64. The number of hydrogen-bond acceptors (Lipinski definition) is 3.